The molecule has 3 N–H and O–H groups in total. The van der Waals surface area contributed by atoms with Crippen LogP contribution in [0.15, 0.2) is 41.6 Å². The summed E-state index contributed by atoms with van der Waals surface area (Å²) in [4.78, 5) is 18.3. The third kappa shape index (κ3) is 3.41. The molecule has 1 aromatic carbocycles. The molecule has 9 heteroatoms. The van der Waals surface area contributed by atoms with E-state index in [1.54, 1.807) is 18.3 Å². The van der Waals surface area contributed by atoms with Crippen LogP contribution in [0.5, 0.6) is 0 Å². The number of nitrogens with two attached hydrogens (primary N) is 1. The topological polar surface area (TPSA) is 107 Å². The molecule has 0 radical (unpaired) electrons. The monoisotopic (exact) mass is 350 g/mol. The zero-order chi connectivity index (χ0) is 16.6. The highest BCUT2D eigenvalue weighted by Crippen LogP contribution is 2.16. The molecule has 0 unspecified atom stereocenters. The fourth-order valence-electron chi connectivity index (χ4n) is 2.09. The zero-order valence-electron chi connectivity index (χ0n) is 12.2. The van der Waals surface area contributed by atoms with Crippen molar-refractivity contribution in [2.24, 2.45) is 5.14 Å². The molecule has 3 aromatic rings. The van der Waals surface area contributed by atoms with Crippen LogP contribution in [-0.4, -0.2) is 23.7 Å². The van der Waals surface area contributed by atoms with Crippen LogP contribution in [0.3, 0.4) is 0 Å². The molecule has 0 atom stereocenters. The summed E-state index contributed by atoms with van der Waals surface area (Å²) in [5.74, 6) is -0.283. The second kappa shape index (κ2) is 5.76. The molecule has 0 bridgehead atoms. The maximum absolute atomic E-state index is 12.1. The Bertz CT molecular complexity index is 940. The van der Waals surface area contributed by atoms with Gasteiger partial charge in [0.2, 0.25) is 10.0 Å². The van der Waals surface area contributed by atoms with Crippen molar-refractivity contribution in [3.63, 3.8) is 0 Å². The number of carbonyl (C=O) groups is 1. The highest BCUT2D eigenvalue weighted by Gasteiger charge is 2.12. The number of sulfonamides is 1. The first-order chi connectivity index (χ1) is 10.8. The Hall–Kier alpha value is -2.23. The first-order valence-electron chi connectivity index (χ1n) is 6.68. The number of thiazole rings is 1. The Labute approximate surface area is 136 Å². The van der Waals surface area contributed by atoms with Crippen LogP contribution in [-0.2, 0) is 16.6 Å². The van der Waals surface area contributed by atoms with Crippen molar-refractivity contribution in [2.45, 2.75) is 18.4 Å². The number of hydrogen-bond acceptors (Lipinski definition) is 5. The van der Waals surface area contributed by atoms with Gasteiger partial charge in [-0.15, -0.1) is 11.3 Å². The number of benzene rings is 1. The summed E-state index contributed by atoms with van der Waals surface area (Å²) in [5.41, 5.74) is 1.11. The van der Waals surface area contributed by atoms with E-state index in [-0.39, 0.29) is 17.3 Å². The molecule has 120 valence electrons. The van der Waals surface area contributed by atoms with Crippen molar-refractivity contribution in [1.82, 2.24) is 14.7 Å². The number of nitrogens with one attached hydrogen (secondary N) is 1. The number of aromatic nitrogens is 2. The minimum Gasteiger partial charge on any atom is -0.347 e. The maximum Gasteiger partial charge on any atom is 0.271 e. The lowest BCUT2D eigenvalue weighted by atomic mass is 10.2. The fraction of sp³-hybridized carbons (Fsp3) is 0.143. The lowest BCUT2D eigenvalue weighted by molar-refractivity contribution is 0.0946. The number of amides is 1. The van der Waals surface area contributed by atoms with Crippen LogP contribution in [0.4, 0.5) is 0 Å². The minimum atomic E-state index is -3.70. The second-order valence-corrected chi connectivity index (χ2v) is 7.80. The van der Waals surface area contributed by atoms with Crippen molar-refractivity contribution in [3.05, 3.63) is 52.8 Å². The van der Waals surface area contributed by atoms with E-state index in [0.29, 0.717) is 5.69 Å². The molecule has 1 amide bonds. The van der Waals surface area contributed by atoms with Gasteiger partial charge >= 0.3 is 0 Å². The number of carbonyl (C=O) groups excluding carboxylic acids is 1. The third-order valence-corrected chi connectivity index (χ3v) is 5.05. The van der Waals surface area contributed by atoms with Gasteiger partial charge in [-0.1, -0.05) is 12.1 Å². The molecule has 0 aliphatic heterocycles. The highest BCUT2D eigenvalue weighted by atomic mass is 32.2. The van der Waals surface area contributed by atoms with Crippen molar-refractivity contribution in [1.29, 1.82) is 0 Å². The second-order valence-electron chi connectivity index (χ2n) is 5.03. The van der Waals surface area contributed by atoms with E-state index < -0.39 is 10.0 Å². The van der Waals surface area contributed by atoms with Crippen LogP contribution in [0.1, 0.15) is 20.9 Å². The minimum absolute atomic E-state index is 0.0392. The molecule has 3 rings (SSSR count). The molecule has 23 heavy (non-hydrogen) atoms. The summed E-state index contributed by atoms with van der Waals surface area (Å²) in [6.45, 7) is 2.25. The predicted octanol–water partition coefficient (Wildman–Crippen LogP) is 1.28. The summed E-state index contributed by atoms with van der Waals surface area (Å²) >= 11 is 1.51. The van der Waals surface area contributed by atoms with E-state index in [0.717, 1.165) is 15.4 Å². The average Bonchev–Trinajstić information content (AvgIpc) is 3.01. The Morgan fingerprint density at radius 1 is 1.30 bits per heavy atom. The van der Waals surface area contributed by atoms with E-state index >= 15 is 0 Å². The quantitative estimate of drug-likeness (QED) is 0.739. The van der Waals surface area contributed by atoms with E-state index in [9.17, 15) is 13.2 Å². The number of primary sulfonamides is 1. The zero-order valence-corrected chi connectivity index (χ0v) is 13.8. The number of aryl methyl sites for hydroxylation is 1. The van der Waals surface area contributed by atoms with Gasteiger partial charge in [0, 0.05) is 23.8 Å². The lowest BCUT2D eigenvalue weighted by Crippen LogP contribution is -2.23. The van der Waals surface area contributed by atoms with Gasteiger partial charge in [-0.2, -0.15) is 0 Å². The highest BCUT2D eigenvalue weighted by molar-refractivity contribution is 7.89. The number of imidazole rings is 1. The van der Waals surface area contributed by atoms with E-state index in [2.05, 4.69) is 10.3 Å². The van der Waals surface area contributed by atoms with Gasteiger partial charge in [0.05, 0.1) is 4.90 Å². The van der Waals surface area contributed by atoms with Gasteiger partial charge in [0.15, 0.2) is 4.96 Å². The number of rotatable bonds is 4. The maximum atomic E-state index is 12.1. The largest absolute Gasteiger partial charge is 0.347 e. The first kappa shape index (κ1) is 15.7. The Morgan fingerprint density at radius 2 is 2.00 bits per heavy atom. The van der Waals surface area contributed by atoms with Crippen molar-refractivity contribution >= 4 is 32.2 Å². The number of fused-ring (bicyclic) bond motifs is 1. The van der Waals surface area contributed by atoms with Crippen LogP contribution in [0.2, 0.25) is 0 Å². The summed E-state index contributed by atoms with van der Waals surface area (Å²) in [6, 6.07) is 6.03. The van der Waals surface area contributed by atoms with Crippen molar-refractivity contribution < 1.29 is 13.2 Å². The van der Waals surface area contributed by atoms with Gasteiger partial charge in [-0.25, -0.2) is 18.5 Å². The molecule has 2 heterocycles. The standard InChI is InChI=1S/C14H14N4O3S2/c1-9-7-18-8-12(17-14(18)22-9)13(19)16-6-10-2-4-11(5-3-10)23(15,20)21/h2-5,7-8H,6H2,1H3,(H,16,19)(H2,15,20,21). The first-order valence-corrected chi connectivity index (χ1v) is 9.04. The molecule has 0 spiro atoms. The van der Waals surface area contributed by atoms with Gasteiger partial charge in [0.1, 0.15) is 5.69 Å². The molecule has 0 aliphatic rings. The molecule has 0 saturated heterocycles. The fourth-order valence-corrected chi connectivity index (χ4v) is 3.41. The molecule has 0 fully saturated rings. The Kier molecular flexibility index (Phi) is 3.92. The Balaban J connectivity index is 1.67. The lowest BCUT2D eigenvalue weighted by Gasteiger charge is -2.04. The van der Waals surface area contributed by atoms with Crippen LogP contribution >= 0.6 is 11.3 Å². The van der Waals surface area contributed by atoms with Crippen molar-refractivity contribution in [3.8, 4) is 0 Å². The van der Waals surface area contributed by atoms with Crippen molar-refractivity contribution in [2.75, 3.05) is 0 Å². The van der Waals surface area contributed by atoms with Gasteiger partial charge in [-0.3, -0.25) is 9.20 Å². The normalized spacial score (nSPS) is 11.7. The summed E-state index contributed by atoms with van der Waals surface area (Å²) in [6.07, 6.45) is 3.59. The van der Waals surface area contributed by atoms with Gasteiger partial charge < -0.3 is 5.32 Å². The number of nitrogens with zero attached hydrogens (tertiary/aromatic N) is 2. The smallest absolute Gasteiger partial charge is 0.271 e. The molecule has 2 aromatic heterocycles. The molecule has 0 saturated carbocycles. The molecule has 7 nitrogen and oxygen atoms in total. The van der Waals surface area contributed by atoms with Crippen LogP contribution in [0, 0.1) is 6.92 Å². The average molecular weight is 350 g/mol. The Morgan fingerprint density at radius 3 is 2.61 bits per heavy atom. The van der Waals surface area contributed by atoms with Crippen LogP contribution in [0.25, 0.3) is 4.96 Å². The molecular formula is C14H14N4O3S2. The summed E-state index contributed by atoms with van der Waals surface area (Å²) in [7, 11) is -3.70. The third-order valence-electron chi connectivity index (χ3n) is 3.21. The summed E-state index contributed by atoms with van der Waals surface area (Å²) < 4.78 is 24.2. The van der Waals surface area contributed by atoms with E-state index in [1.807, 2.05) is 17.5 Å². The predicted molar refractivity (Wildman–Crippen MR) is 86.8 cm³/mol. The number of hydrogen-bond donors (Lipinski definition) is 2. The molecule has 0 aliphatic carbocycles. The van der Waals surface area contributed by atoms with Gasteiger partial charge in [-0.05, 0) is 24.6 Å². The van der Waals surface area contributed by atoms with E-state index in [4.69, 9.17) is 5.14 Å². The SMILES string of the molecule is Cc1cn2cc(C(=O)NCc3ccc(S(N)(=O)=O)cc3)nc2s1. The van der Waals surface area contributed by atoms with Crippen LogP contribution < -0.4 is 10.5 Å². The molecular weight excluding hydrogens is 336 g/mol. The summed E-state index contributed by atoms with van der Waals surface area (Å²) in [5, 5.41) is 7.78. The van der Waals surface area contributed by atoms with E-state index in [1.165, 1.54) is 23.5 Å². The van der Waals surface area contributed by atoms with Gasteiger partial charge in [0.25, 0.3) is 5.91 Å².